The Bertz CT molecular complexity index is 262. The van der Waals surface area contributed by atoms with E-state index in [4.69, 9.17) is 0 Å². The molecule has 1 aliphatic carbocycles. The highest BCUT2D eigenvalue weighted by molar-refractivity contribution is 5.12. The first kappa shape index (κ1) is 10.8. The van der Waals surface area contributed by atoms with Gasteiger partial charge in [-0.1, -0.05) is 54.7 Å². The SMILES string of the molecule is [C]1=C/C\C=C/C=C/C=C/CCC/C=C/1. The summed E-state index contributed by atoms with van der Waals surface area (Å²) in [5, 5.41) is 0. The zero-order valence-electron chi connectivity index (χ0n) is 8.52. The molecule has 1 aliphatic rings. The summed E-state index contributed by atoms with van der Waals surface area (Å²) in [6.07, 6.45) is 26.5. The normalized spacial score (nSPS) is 29.7. The highest BCUT2D eigenvalue weighted by Gasteiger charge is 1.79. The lowest BCUT2D eigenvalue weighted by atomic mass is 10.2. The van der Waals surface area contributed by atoms with Crippen molar-refractivity contribution in [3.05, 3.63) is 60.8 Å². The van der Waals surface area contributed by atoms with Gasteiger partial charge in [0.1, 0.15) is 0 Å². The minimum absolute atomic E-state index is 0.957. The molecule has 14 heavy (non-hydrogen) atoms. The van der Waals surface area contributed by atoms with Crippen molar-refractivity contribution >= 4 is 0 Å². The molecule has 0 heteroatoms. The summed E-state index contributed by atoms with van der Waals surface area (Å²) in [7, 11) is 0. The fourth-order valence-electron chi connectivity index (χ4n) is 1.17. The van der Waals surface area contributed by atoms with Crippen molar-refractivity contribution in [3.63, 3.8) is 0 Å². The van der Waals surface area contributed by atoms with Crippen LogP contribution in [0.4, 0.5) is 0 Å². The van der Waals surface area contributed by atoms with Crippen molar-refractivity contribution < 1.29 is 0 Å². The summed E-state index contributed by atoms with van der Waals surface area (Å²) in [6, 6.07) is 0. The van der Waals surface area contributed by atoms with Gasteiger partial charge in [-0.25, -0.2) is 0 Å². The molecular formula is C14H17. The number of allylic oxidation sites excluding steroid dienone is 10. The third kappa shape index (κ3) is 6.24. The summed E-state index contributed by atoms with van der Waals surface area (Å²) in [5.41, 5.74) is 0. The molecule has 73 valence electrons. The molecule has 0 spiro atoms. The van der Waals surface area contributed by atoms with Gasteiger partial charge in [0.25, 0.3) is 0 Å². The average molecular weight is 185 g/mol. The van der Waals surface area contributed by atoms with E-state index < -0.39 is 0 Å². The van der Waals surface area contributed by atoms with Gasteiger partial charge in [0.05, 0.1) is 0 Å². The Morgan fingerprint density at radius 2 is 1.57 bits per heavy atom. The Balaban J connectivity index is 2.45. The Kier molecular flexibility index (Phi) is 6.39. The van der Waals surface area contributed by atoms with Gasteiger partial charge in [-0.3, -0.25) is 0 Å². The molecule has 0 saturated heterocycles. The summed E-state index contributed by atoms with van der Waals surface area (Å²) < 4.78 is 0. The topological polar surface area (TPSA) is 0 Å². The van der Waals surface area contributed by atoms with Crippen LogP contribution < -0.4 is 0 Å². The number of hydrogen-bond acceptors (Lipinski definition) is 0. The van der Waals surface area contributed by atoms with Crippen molar-refractivity contribution in [2.45, 2.75) is 25.7 Å². The third-order valence-electron chi connectivity index (χ3n) is 1.93. The van der Waals surface area contributed by atoms with Gasteiger partial charge < -0.3 is 0 Å². The quantitative estimate of drug-likeness (QED) is 0.532. The zero-order valence-corrected chi connectivity index (χ0v) is 8.52. The molecule has 0 saturated carbocycles. The van der Waals surface area contributed by atoms with Crippen molar-refractivity contribution in [1.82, 2.24) is 0 Å². The summed E-state index contributed by atoms with van der Waals surface area (Å²) in [4.78, 5) is 0. The molecule has 0 bridgehead atoms. The van der Waals surface area contributed by atoms with Gasteiger partial charge >= 0.3 is 0 Å². The van der Waals surface area contributed by atoms with Crippen LogP contribution in [-0.2, 0) is 0 Å². The van der Waals surface area contributed by atoms with Crippen LogP contribution in [0.1, 0.15) is 25.7 Å². The van der Waals surface area contributed by atoms with Crippen molar-refractivity contribution in [2.75, 3.05) is 0 Å². The maximum absolute atomic E-state index is 3.14. The van der Waals surface area contributed by atoms with Gasteiger partial charge in [0, 0.05) is 0 Å². The molecule has 0 atom stereocenters. The van der Waals surface area contributed by atoms with Crippen molar-refractivity contribution in [3.8, 4) is 0 Å². The molecule has 0 aromatic rings. The van der Waals surface area contributed by atoms with E-state index in [1.54, 1.807) is 0 Å². The molecule has 0 aromatic heterocycles. The van der Waals surface area contributed by atoms with Gasteiger partial charge in [-0.05, 0) is 31.8 Å². The largest absolute Gasteiger partial charge is 0.0845 e. The predicted molar refractivity (Wildman–Crippen MR) is 62.8 cm³/mol. The molecule has 0 N–H and O–H groups in total. The van der Waals surface area contributed by atoms with Crippen LogP contribution in [0, 0.1) is 6.08 Å². The smallest absolute Gasteiger partial charge is 0.0157 e. The maximum atomic E-state index is 3.14. The van der Waals surface area contributed by atoms with E-state index in [1.807, 2.05) is 12.2 Å². The molecule has 0 nitrogen and oxygen atoms in total. The monoisotopic (exact) mass is 185 g/mol. The van der Waals surface area contributed by atoms with E-state index in [-0.39, 0.29) is 0 Å². The molecule has 0 unspecified atom stereocenters. The molecule has 1 rings (SSSR count). The second-order valence-electron chi connectivity index (χ2n) is 3.18. The fraction of sp³-hybridized carbons (Fsp3) is 0.286. The first-order valence-electron chi connectivity index (χ1n) is 5.21. The minimum atomic E-state index is 0.957. The lowest BCUT2D eigenvalue weighted by Gasteiger charge is -1.88. The molecule has 1 radical (unpaired) electrons. The molecule has 0 heterocycles. The van der Waals surface area contributed by atoms with Crippen LogP contribution in [-0.4, -0.2) is 0 Å². The van der Waals surface area contributed by atoms with E-state index >= 15 is 0 Å². The van der Waals surface area contributed by atoms with Crippen LogP contribution in [0.5, 0.6) is 0 Å². The number of hydrogen-bond donors (Lipinski definition) is 0. The van der Waals surface area contributed by atoms with E-state index in [2.05, 4.69) is 48.6 Å². The molecular weight excluding hydrogens is 168 g/mol. The minimum Gasteiger partial charge on any atom is -0.0845 e. The van der Waals surface area contributed by atoms with E-state index in [1.165, 1.54) is 6.42 Å². The highest BCUT2D eigenvalue weighted by Crippen LogP contribution is 1.99. The first-order chi connectivity index (χ1) is 7.00. The van der Waals surface area contributed by atoms with Crippen LogP contribution >= 0.6 is 0 Å². The van der Waals surface area contributed by atoms with Crippen molar-refractivity contribution in [2.24, 2.45) is 0 Å². The van der Waals surface area contributed by atoms with Crippen LogP contribution in [0.2, 0.25) is 0 Å². The molecule has 0 amide bonds. The second-order valence-corrected chi connectivity index (χ2v) is 3.18. The lowest BCUT2D eigenvalue weighted by Crippen LogP contribution is -1.69. The molecule has 0 aromatic carbocycles. The van der Waals surface area contributed by atoms with Gasteiger partial charge in [-0.2, -0.15) is 0 Å². The van der Waals surface area contributed by atoms with Gasteiger partial charge in [-0.15, -0.1) is 0 Å². The van der Waals surface area contributed by atoms with Crippen LogP contribution in [0.3, 0.4) is 0 Å². The predicted octanol–water partition coefficient (Wildman–Crippen LogP) is 4.14. The molecule has 0 fully saturated rings. The third-order valence-corrected chi connectivity index (χ3v) is 1.93. The highest BCUT2D eigenvalue weighted by atomic mass is 13.9. The van der Waals surface area contributed by atoms with Crippen LogP contribution in [0.25, 0.3) is 0 Å². The summed E-state index contributed by atoms with van der Waals surface area (Å²) in [5.74, 6) is 0. The first-order valence-corrected chi connectivity index (χ1v) is 5.21. The fourth-order valence-corrected chi connectivity index (χ4v) is 1.17. The van der Waals surface area contributed by atoms with Gasteiger partial charge in [0.15, 0.2) is 0 Å². The Hall–Kier alpha value is -1.30. The Morgan fingerprint density at radius 1 is 0.786 bits per heavy atom. The summed E-state index contributed by atoms with van der Waals surface area (Å²) >= 11 is 0. The maximum Gasteiger partial charge on any atom is -0.0157 e. The zero-order chi connectivity index (χ0) is 9.90. The number of rotatable bonds is 0. The standard InChI is InChI=1S/C14H17/c1-2-4-6-8-10-12-14-13-11-9-7-5-3-1/h1-6,9,13-14H,7-8,10,12H2/b2-1+,5-3-,6-4+,11-9?,14-13+. The Morgan fingerprint density at radius 3 is 2.50 bits per heavy atom. The van der Waals surface area contributed by atoms with E-state index in [0.717, 1.165) is 19.3 Å². The van der Waals surface area contributed by atoms with Crippen molar-refractivity contribution in [1.29, 1.82) is 0 Å². The van der Waals surface area contributed by atoms with Crippen LogP contribution in [0.15, 0.2) is 54.7 Å². The van der Waals surface area contributed by atoms with E-state index in [0.29, 0.717) is 0 Å². The summed E-state index contributed by atoms with van der Waals surface area (Å²) in [6.45, 7) is 0. The average Bonchev–Trinajstić information content (AvgIpc) is 2.22. The lowest BCUT2D eigenvalue weighted by molar-refractivity contribution is 0.868. The van der Waals surface area contributed by atoms with E-state index in [9.17, 15) is 0 Å². The Labute approximate surface area is 87.0 Å². The molecule has 0 aliphatic heterocycles. The second kappa shape index (κ2) is 8.31. The van der Waals surface area contributed by atoms with Gasteiger partial charge in [0.2, 0.25) is 0 Å².